The van der Waals surface area contributed by atoms with E-state index in [2.05, 4.69) is 36.6 Å². The van der Waals surface area contributed by atoms with Crippen molar-refractivity contribution < 1.29 is 19.7 Å². The highest BCUT2D eigenvalue weighted by Gasteiger charge is 2.20. The predicted octanol–water partition coefficient (Wildman–Crippen LogP) is 6.89. The number of carbonyl (C=O) groups excluding carboxylic acids is 1. The number of halogens is 1. The van der Waals surface area contributed by atoms with E-state index < -0.39 is 0 Å². The van der Waals surface area contributed by atoms with Crippen LogP contribution in [0.4, 0.5) is 21.6 Å². The Morgan fingerprint density at radius 2 is 1.89 bits per heavy atom. The van der Waals surface area contributed by atoms with Crippen molar-refractivity contribution in [1.29, 1.82) is 0 Å². The fraction of sp³-hybridized carbons (Fsp3) is 0.242. The first kappa shape index (κ1) is 35.2. The van der Waals surface area contributed by atoms with Gasteiger partial charge >= 0.3 is 0 Å². The number of nitrogens with one attached hydrogen (secondary N) is 2. The zero-order valence-corrected chi connectivity index (χ0v) is 27.8. The van der Waals surface area contributed by atoms with Crippen molar-refractivity contribution in [2.45, 2.75) is 25.2 Å². The summed E-state index contributed by atoms with van der Waals surface area (Å²) in [7, 11) is 0. The lowest BCUT2D eigenvalue weighted by Gasteiger charge is -2.34. The summed E-state index contributed by atoms with van der Waals surface area (Å²) in [4.78, 5) is 35.6. The van der Waals surface area contributed by atoms with Gasteiger partial charge in [0.2, 0.25) is 5.91 Å². The van der Waals surface area contributed by atoms with Gasteiger partial charge in [0.05, 0.1) is 38.8 Å². The molecule has 5 rings (SSSR count). The number of piperazine rings is 1. The first-order valence-electron chi connectivity index (χ1n) is 14.8. The van der Waals surface area contributed by atoms with Crippen LogP contribution in [0, 0.1) is 5.82 Å². The summed E-state index contributed by atoms with van der Waals surface area (Å²) in [6.07, 6.45) is 6.05. The van der Waals surface area contributed by atoms with Gasteiger partial charge in [0.15, 0.2) is 0 Å². The highest BCUT2D eigenvalue weighted by molar-refractivity contribution is 8.00. The van der Waals surface area contributed by atoms with Crippen molar-refractivity contribution in [3.05, 3.63) is 88.6 Å². The Bertz CT molecular complexity index is 1680. The summed E-state index contributed by atoms with van der Waals surface area (Å²) in [6, 6.07) is 18.7. The maximum atomic E-state index is 14.7. The molecule has 2 aromatic heterocycles. The molecular formula is C33H37FN8O3S2. The minimum Gasteiger partial charge on any atom is -0.365 e. The van der Waals surface area contributed by atoms with Gasteiger partial charge in [0, 0.05) is 49.8 Å². The molecule has 1 aliphatic heterocycles. The zero-order chi connectivity index (χ0) is 33.6. The van der Waals surface area contributed by atoms with Crippen LogP contribution >= 0.6 is 23.3 Å². The standard InChI is InChI=1S/C33H35FN8OS2.H2O2/c1-4-31-39-32(24-10-12-27(34)29(20-24)40-45-26-8-6-5-7-9-26)33(44-31)28(35-3)14-15-36-22-38-25-11-13-30(37-21-25)42-18-16-41(17-19-42)23(2)43;1-2/h5-15,20-21,38,40H,3-4,16-19,22H2,1-2H3;1-2H/b28-14-,36-15-;. The first-order chi connectivity index (χ1) is 22.9. The Hall–Kier alpha value is -4.63. The minimum atomic E-state index is -0.343. The summed E-state index contributed by atoms with van der Waals surface area (Å²) in [5.41, 5.74) is 3.38. The second-order valence-electron chi connectivity index (χ2n) is 10.1. The van der Waals surface area contributed by atoms with Crippen LogP contribution in [0.5, 0.6) is 0 Å². The van der Waals surface area contributed by atoms with Crippen LogP contribution in [0.3, 0.4) is 0 Å². The van der Waals surface area contributed by atoms with Gasteiger partial charge in [0.25, 0.3) is 0 Å². The molecule has 0 unspecified atom stereocenters. The molecule has 4 N–H and O–H groups in total. The third-order valence-electron chi connectivity index (χ3n) is 7.15. The van der Waals surface area contributed by atoms with Crippen molar-refractivity contribution in [3.63, 3.8) is 0 Å². The van der Waals surface area contributed by atoms with E-state index in [-0.39, 0.29) is 11.7 Å². The minimum absolute atomic E-state index is 0.111. The van der Waals surface area contributed by atoms with Crippen LogP contribution < -0.4 is 14.9 Å². The number of benzene rings is 2. The van der Waals surface area contributed by atoms with E-state index in [4.69, 9.17) is 15.5 Å². The van der Waals surface area contributed by atoms with Gasteiger partial charge in [-0.3, -0.25) is 25.3 Å². The van der Waals surface area contributed by atoms with Gasteiger partial charge in [0.1, 0.15) is 18.3 Å². The van der Waals surface area contributed by atoms with Crippen molar-refractivity contribution in [2.24, 2.45) is 9.98 Å². The van der Waals surface area contributed by atoms with Crippen LogP contribution in [0.1, 0.15) is 23.7 Å². The highest BCUT2D eigenvalue weighted by Crippen LogP contribution is 2.36. The number of nitrogens with zero attached hydrogens (tertiary/aromatic N) is 6. The molecule has 0 bridgehead atoms. The average molecular weight is 677 g/mol. The van der Waals surface area contributed by atoms with Crippen molar-refractivity contribution in [3.8, 4) is 11.3 Å². The summed E-state index contributed by atoms with van der Waals surface area (Å²) in [5, 5.41) is 16.2. The fourth-order valence-corrected chi connectivity index (χ4v) is 6.37. The van der Waals surface area contributed by atoms with E-state index in [0.717, 1.165) is 57.1 Å². The Morgan fingerprint density at radius 1 is 1.13 bits per heavy atom. The topological polar surface area (TPSA) is 139 Å². The molecule has 11 nitrogen and oxygen atoms in total. The van der Waals surface area contributed by atoms with Crippen LogP contribution in [0.2, 0.25) is 0 Å². The number of pyridine rings is 1. The third-order valence-corrected chi connectivity index (χ3v) is 9.20. The monoisotopic (exact) mass is 676 g/mol. The Balaban J connectivity index is 0.00000245. The van der Waals surface area contributed by atoms with Crippen LogP contribution in [-0.4, -0.2) is 77.1 Å². The maximum Gasteiger partial charge on any atom is 0.219 e. The fourth-order valence-electron chi connectivity index (χ4n) is 4.68. The SMILES string of the molecule is C=N/C(=C\C=N/CNc1ccc(N2CCN(C(C)=O)CC2)nc1)c1sc(CC)nc1-c1ccc(F)c(NSc2ccccc2)c1.OO. The largest absolute Gasteiger partial charge is 0.365 e. The van der Waals surface area contributed by atoms with Crippen LogP contribution in [0.15, 0.2) is 87.8 Å². The van der Waals surface area contributed by atoms with Crippen molar-refractivity contribution >= 4 is 65.0 Å². The molecule has 1 saturated heterocycles. The molecule has 246 valence electrons. The van der Waals surface area contributed by atoms with Gasteiger partial charge in [-0.2, -0.15) is 0 Å². The number of hydrogen-bond donors (Lipinski definition) is 4. The molecule has 1 amide bonds. The van der Waals surface area contributed by atoms with E-state index >= 15 is 0 Å². The van der Waals surface area contributed by atoms with Gasteiger partial charge < -0.3 is 19.8 Å². The molecule has 0 aliphatic carbocycles. The number of thiazole rings is 1. The molecule has 1 fully saturated rings. The Labute approximate surface area is 281 Å². The van der Waals surface area contributed by atoms with E-state index in [0.29, 0.717) is 31.1 Å². The lowest BCUT2D eigenvalue weighted by Crippen LogP contribution is -2.48. The van der Waals surface area contributed by atoms with Gasteiger partial charge in [-0.15, -0.1) is 11.3 Å². The van der Waals surface area contributed by atoms with E-state index in [1.165, 1.54) is 18.0 Å². The molecule has 1 aliphatic rings. The quantitative estimate of drug-likeness (QED) is 0.0547. The van der Waals surface area contributed by atoms with Gasteiger partial charge in [-0.1, -0.05) is 25.1 Å². The summed E-state index contributed by atoms with van der Waals surface area (Å²) in [5.74, 6) is 0.659. The summed E-state index contributed by atoms with van der Waals surface area (Å²) >= 11 is 2.89. The molecule has 47 heavy (non-hydrogen) atoms. The number of aryl methyl sites for hydroxylation is 1. The number of hydrogen-bond acceptors (Lipinski definition) is 12. The summed E-state index contributed by atoms with van der Waals surface area (Å²) < 4.78 is 17.8. The van der Waals surface area contributed by atoms with E-state index in [1.807, 2.05) is 54.3 Å². The first-order valence-corrected chi connectivity index (χ1v) is 16.4. The zero-order valence-electron chi connectivity index (χ0n) is 26.1. The normalized spacial score (nSPS) is 13.3. The molecule has 2 aromatic carbocycles. The van der Waals surface area contributed by atoms with Gasteiger partial charge in [-0.25, -0.2) is 14.4 Å². The molecule has 0 saturated carbocycles. The van der Waals surface area contributed by atoms with Crippen LogP contribution in [0.25, 0.3) is 17.0 Å². The average Bonchev–Trinajstić information content (AvgIpc) is 3.55. The molecule has 0 atom stereocenters. The molecular weight excluding hydrogens is 640 g/mol. The number of aromatic nitrogens is 2. The number of rotatable bonds is 12. The maximum absolute atomic E-state index is 14.7. The smallest absolute Gasteiger partial charge is 0.219 e. The van der Waals surface area contributed by atoms with Crippen molar-refractivity contribution in [1.82, 2.24) is 14.9 Å². The molecule has 14 heteroatoms. The second-order valence-corrected chi connectivity index (χ2v) is 12.1. The Kier molecular flexibility index (Phi) is 13.4. The predicted molar refractivity (Wildman–Crippen MR) is 191 cm³/mol. The molecule has 0 spiro atoms. The highest BCUT2D eigenvalue weighted by atomic mass is 32.2. The third kappa shape index (κ3) is 9.68. The van der Waals surface area contributed by atoms with E-state index in [9.17, 15) is 9.18 Å². The van der Waals surface area contributed by atoms with Gasteiger partial charge in [-0.05, 0) is 73.6 Å². The van der Waals surface area contributed by atoms with Crippen molar-refractivity contribution in [2.75, 3.05) is 47.8 Å². The number of aliphatic imine (C=N–C) groups is 2. The number of allylic oxidation sites excluding steroid dienone is 1. The van der Waals surface area contributed by atoms with E-state index in [1.54, 1.807) is 48.9 Å². The second kappa shape index (κ2) is 17.9. The molecule has 3 heterocycles. The Morgan fingerprint density at radius 3 is 2.55 bits per heavy atom. The molecule has 0 radical (unpaired) electrons. The number of carbonyl (C=O) groups is 1. The summed E-state index contributed by atoms with van der Waals surface area (Å²) in [6.45, 7) is 10.7. The number of amides is 1. The van der Waals surface area contributed by atoms with Crippen LogP contribution in [-0.2, 0) is 11.2 Å². The lowest BCUT2D eigenvalue weighted by molar-refractivity contribution is -0.176. The molecule has 4 aromatic rings. The number of anilines is 3. The lowest BCUT2D eigenvalue weighted by atomic mass is 10.1.